The van der Waals surface area contributed by atoms with Crippen LogP contribution in [0.1, 0.15) is 0 Å². The molecule has 0 bridgehead atoms. The monoisotopic (exact) mass is 368 g/mol. The Balaban J connectivity index is 0. The van der Waals surface area contributed by atoms with Crippen LogP contribution in [-0.4, -0.2) is 22.9 Å². The van der Waals surface area contributed by atoms with E-state index in [9.17, 15) is 4.79 Å². The number of rotatable bonds is 0. The molecule has 0 spiro atoms. The number of alkyl halides is 6. The minimum absolute atomic E-state index is 0.139. The van der Waals surface area contributed by atoms with E-state index in [1.54, 1.807) is 0 Å². The number of carbonyl (C=O) groups excluding carboxylic acids is 1. The van der Waals surface area contributed by atoms with Gasteiger partial charge in [0.05, 0.1) is 0 Å². The maximum Gasteiger partial charge on any atom is 0.515 e. The lowest BCUT2D eigenvalue weighted by atomic mass is 11.3. The minimum atomic E-state index is -2.24. The van der Waals surface area contributed by atoms with Crippen LogP contribution in [0.3, 0.4) is 0 Å². The van der Waals surface area contributed by atoms with Gasteiger partial charge in [-0.05, 0) is 69.6 Å². The van der Waals surface area contributed by atoms with Crippen molar-refractivity contribution < 1.29 is 14.3 Å². The van der Waals surface area contributed by atoms with Crippen molar-refractivity contribution in [2.75, 3.05) is 0 Å². The van der Waals surface area contributed by atoms with Gasteiger partial charge in [0.1, 0.15) is 0 Å². The van der Waals surface area contributed by atoms with Crippen LogP contribution in [0.2, 0.25) is 19.6 Å². The first kappa shape index (κ1) is 19.6. The molecule has 0 aromatic rings. The van der Waals surface area contributed by atoms with Crippen molar-refractivity contribution >= 4 is 84.6 Å². The second-order valence-electron chi connectivity index (χ2n) is 3.08. The molecule has 0 aromatic heterocycles. The quantitative estimate of drug-likeness (QED) is 0.345. The molecule has 0 amide bonds. The Labute approximate surface area is 126 Å². The number of hydrogen-bond acceptors (Lipinski definition) is 3. The third-order valence-corrected chi connectivity index (χ3v) is 0.861. The van der Waals surface area contributed by atoms with Crippen LogP contribution in [0, 0.1) is 0 Å². The average Bonchev–Trinajstić information content (AvgIpc) is 1.72. The molecule has 0 aliphatic rings. The van der Waals surface area contributed by atoms with Gasteiger partial charge in [0.2, 0.25) is 0 Å². The standard InChI is InChI=1S/C3Cl6O3.C3H10Si/c4-2(5,6)11-1(10)12-3(7,8)9;1-4(2)3/h;4H,1-3H3. The van der Waals surface area contributed by atoms with E-state index in [2.05, 4.69) is 29.1 Å². The lowest BCUT2D eigenvalue weighted by Gasteiger charge is -2.15. The highest BCUT2D eigenvalue weighted by Crippen LogP contribution is 2.32. The summed E-state index contributed by atoms with van der Waals surface area (Å²) in [7, 11) is -0.139. The SMILES string of the molecule is C[SiH](C)C.O=C(OC(Cl)(Cl)Cl)OC(Cl)(Cl)Cl. The van der Waals surface area contributed by atoms with E-state index in [0.29, 0.717) is 0 Å². The van der Waals surface area contributed by atoms with Crippen molar-refractivity contribution in [1.29, 1.82) is 0 Å². The summed E-state index contributed by atoms with van der Waals surface area (Å²) in [6.07, 6.45) is -1.41. The van der Waals surface area contributed by atoms with E-state index in [-0.39, 0.29) is 8.80 Å². The van der Waals surface area contributed by atoms with Crippen molar-refractivity contribution in [3.63, 3.8) is 0 Å². The van der Waals surface area contributed by atoms with Gasteiger partial charge < -0.3 is 9.47 Å². The predicted molar refractivity (Wildman–Crippen MR) is 72.9 cm³/mol. The summed E-state index contributed by atoms with van der Waals surface area (Å²) >= 11 is 30.2. The fourth-order valence-corrected chi connectivity index (χ4v) is 0.588. The van der Waals surface area contributed by atoms with Gasteiger partial charge in [-0.1, -0.05) is 19.6 Å². The smallest absolute Gasteiger partial charge is 0.382 e. The third-order valence-electron chi connectivity index (χ3n) is 0.398. The van der Waals surface area contributed by atoms with Crippen LogP contribution >= 0.6 is 69.6 Å². The molecule has 3 nitrogen and oxygen atoms in total. The minimum Gasteiger partial charge on any atom is -0.382 e. The van der Waals surface area contributed by atoms with E-state index in [1.165, 1.54) is 0 Å². The highest BCUT2D eigenvalue weighted by Gasteiger charge is 2.32. The lowest BCUT2D eigenvalue weighted by molar-refractivity contribution is 0.0508. The highest BCUT2D eigenvalue weighted by atomic mass is 35.6. The van der Waals surface area contributed by atoms with Crippen LogP contribution in [-0.2, 0) is 9.47 Å². The van der Waals surface area contributed by atoms with Crippen LogP contribution in [0.15, 0.2) is 0 Å². The molecule has 0 saturated heterocycles. The first-order valence-electron chi connectivity index (χ1n) is 3.89. The topological polar surface area (TPSA) is 35.5 Å². The van der Waals surface area contributed by atoms with E-state index >= 15 is 0 Å². The Morgan fingerprint density at radius 1 is 0.875 bits per heavy atom. The van der Waals surface area contributed by atoms with Crippen LogP contribution in [0.4, 0.5) is 4.79 Å². The molecule has 0 aliphatic heterocycles. The first-order chi connectivity index (χ1) is 6.83. The van der Waals surface area contributed by atoms with E-state index in [0.717, 1.165) is 0 Å². The maximum atomic E-state index is 10.5. The van der Waals surface area contributed by atoms with Gasteiger partial charge in [-0.15, -0.1) is 0 Å². The lowest BCUT2D eigenvalue weighted by Crippen LogP contribution is -2.22. The van der Waals surface area contributed by atoms with Crippen molar-refractivity contribution in [3.8, 4) is 0 Å². The molecule has 0 fully saturated rings. The van der Waals surface area contributed by atoms with Crippen LogP contribution in [0.25, 0.3) is 0 Å². The predicted octanol–water partition coefficient (Wildman–Crippen LogP) is 4.90. The number of ether oxygens (including phenoxy) is 2. The van der Waals surface area contributed by atoms with Crippen molar-refractivity contribution in [1.82, 2.24) is 0 Å². The van der Waals surface area contributed by atoms with Crippen molar-refractivity contribution in [2.24, 2.45) is 0 Å². The molecule has 0 aromatic carbocycles. The van der Waals surface area contributed by atoms with Gasteiger partial charge in [0, 0.05) is 8.80 Å². The zero-order chi connectivity index (χ0) is 13.6. The number of hydrogen-bond donors (Lipinski definition) is 0. The molecule has 0 aliphatic carbocycles. The Kier molecular flexibility index (Phi) is 10.2. The van der Waals surface area contributed by atoms with Gasteiger partial charge in [0.15, 0.2) is 0 Å². The Bertz CT molecular complexity index is 191. The maximum absolute atomic E-state index is 10.5. The summed E-state index contributed by atoms with van der Waals surface area (Å²) in [5.74, 6) is 0. The summed E-state index contributed by atoms with van der Waals surface area (Å²) in [6.45, 7) is 6.92. The van der Waals surface area contributed by atoms with Crippen LogP contribution < -0.4 is 0 Å². The van der Waals surface area contributed by atoms with E-state index in [4.69, 9.17) is 69.6 Å². The normalized spacial score (nSPS) is 11.6. The van der Waals surface area contributed by atoms with Gasteiger partial charge in [-0.25, -0.2) is 4.79 Å². The molecule has 16 heavy (non-hydrogen) atoms. The zero-order valence-electron chi connectivity index (χ0n) is 8.57. The second kappa shape index (κ2) is 8.35. The largest absolute Gasteiger partial charge is 0.515 e. The fraction of sp³-hybridized carbons (Fsp3) is 0.833. The third kappa shape index (κ3) is 24.5. The van der Waals surface area contributed by atoms with Crippen molar-refractivity contribution in [3.05, 3.63) is 0 Å². The highest BCUT2D eigenvalue weighted by molar-refractivity contribution is 6.67. The summed E-state index contributed by atoms with van der Waals surface area (Å²) in [5.41, 5.74) is 0. The fourth-order valence-electron chi connectivity index (χ4n) is 0.210. The second-order valence-corrected chi connectivity index (χ2v) is 10.9. The molecule has 0 heterocycles. The molecule has 0 saturated carbocycles. The average molecular weight is 371 g/mol. The van der Waals surface area contributed by atoms with E-state index < -0.39 is 14.1 Å². The molecule has 0 N–H and O–H groups in total. The molecule has 0 rings (SSSR count). The summed E-state index contributed by atoms with van der Waals surface area (Å²) in [4.78, 5) is 10.5. The van der Waals surface area contributed by atoms with Gasteiger partial charge in [0.25, 0.3) is 0 Å². The summed E-state index contributed by atoms with van der Waals surface area (Å²) < 4.78 is 3.50. The Morgan fingerprint density at radius 3 is 1.19 bits per heavy atom. The molecular weight excluding hydrogens is 361 g/mol. The molecular formula is C6H10Cl6O3Si. The van der Waals surface area contributed by atoms with Crippen molar-refractivity contribution in [2.45, 2.75) is 27.6 Å². The Hall–Kier alpha value is 1.23. The molecule has 0 radical (unpaired) electrons. The van der Waals surface area contributed by atoms with E-state index in [1.807, 2.05) is 0 Å². The summed E-state index contributed by atoms with van der Waals surface area (Å²) in [6, 6.07) is 0. The number of carbonyl (C=O) groups is 1. The zero-order valence-corrected chi connectivity index (χ0v) is 14.3. The first-order valence-corrected chi connectivity index (χ1v) is 9.62. The van der Waals surface area contributed by atoms with Gasteiger partial charge in [-0.2, -0.15) is 0 Å². The molecule has 0 unspecified atom stereocenters. The van der Waals surface area contributed by atoms with Crippen LogP contribution in [0.5, 0.6) is 0 Å². The molecule has 0 atom stereocenters. The summed E-state index contributed by atoms with van der Waals surface area (Å²) in [5, 5.41) is 0. The number of halogens is 6. The van der Waals surface area contributed by atoms with Gasteiger partial charge >= 0.3 is 14.1 Å². The molecule has 10 heteroatoms. The van der Waals surface area contributed by atoms with Gasteiger partial charge in [-0.3, -0.25) is 0 Å². The Morgan fingerprint density at radius 2 is 1.06 bits per heavy atom. The molecule has 98 valence electrons.